The molecule has 18 heavy (non-hydrogen) atoms. The van der Waals surface area contributed by atoms with Gasteiger partial charge in [0.1, 0.15) is 5.82 Å². The lowest BCUT2D eigenvalue weighted by Crippen LogP contribution is -2.20. The molecule has 0 saturated carbocycles. The quantitative estimate of drug-likeness (QED) is 0.878. The minimum absolute atomic E-state index is 0.325. The topological polar surface area (TPSA) is 29.9 Å². The Morgan fingerprint density at radius 3 is 3.00 bits per heavy atom. The van der Waals surface area contributed by atoms with Gasteiger partial charge < -0.3 is 9.88 Å². The molecule has 2 aromatic heterocycles. The second kappa shape index (κ2) is 6.50. The Labute approximate surface area is 120 Å². The molecule has 0 fully saturated rings. The fourth-order valence-corrected chi connectivity index (χ4v) is 3.28. The molecule has 0 saturated heterocycles. The number of halogens is 1. The number of hydrogen-bond acceptors (Lipinski definition) is 3. The van der Waals surface area contributed by atoms with Gasteiger partial charge in [-0.1, -0.05) is 6.92 Å². The molecule has 5 heteroatoms. The zero-order valence-corrected chi connectivity index (χ0v) is 13.1. The van der Waals surface area contributed by atoms with E-state index in [0.29, 0.717) is 6.04 Å². The lowest BCUT2D eigenvalue weighted by Gasteiger charge is -2.15. The van der Waals surface area contributed by atoms with Gasteiger partial charge >= 0.3 is 0 Å². The first-order chi connectivity index (χ1) is 8.74. The van der Waals surface area contributed by atoms with Crippen LogP contribution in [0, 0.1) is 0 Å². The molecule has 0 amide bonds. The van der Waals surface area contributed by atoms with Crippen molar-refractivity contribution < 1.29 is 0 Å². The molecule has 98 valence electrons. The molecule has 0 aliphatic heterocycles. The van der Waals surface area contributed by atoms with E-state index in [1.165, 1.54) is 9.35 Å². The van der Waals surface area contributed by atoms with Gasteiger partial charge in [-0.2, -0.15) is 0 Å². The van der Waals surface area contributed by atoms with Crippen molar-refractivity contribution in [1.82, 2.24) is 14.9 Å². The number of aryl methyl sites for hydroxylation is 1. The first kappa shape index (κ1) is 13.8. The van der Waals surface area contributed by atoms with Gasteiger partial charge in [0, 0.05) is 31.4 Å². The third-order valence-corrected chi connectivity index (χ3v) is 4.51. The summed E-state index contributed by atoms with van der Waals surface area (Å²) in [6.07, 6.45) is 6.01. The van der Waals surface area contributed by atoms with Crippen molar-refractivity contribution in [2.24, 2.45) is 0 Å². The van der Waals surface area contributed by atoms with Crippen molar-refractivity contribution >= 4 is 27.3 Å². The Morgan fingerprint density at radius 1 is 1.56 bits per heavy atom. The van der Waals surface area contributed by atoms with Gasteiger partial charge in [-0.25, -0.2) is 4.98 Å². The van der Waals surface area contributed by atoms with Crippen LogP contribution in [0.25, 0.3) is 0 Å². The minimum Gasteiger partial charge on any atom is -0.335 e. The Morgan fingerprint density at radius 2 is 2.39 bits per heavy atom. The van der Waals surface area contributed by atoms with Crippen LogP contribution in [0.5, 0.6) is 0 Å². The highest BCUT2D eigenvalue weighted by molar-refractivity contribution is 9.11. The summed E-state index contributed by atoms with van der Waals surface area (Å²) in [5.41, 5.74) is 1.32. The summed E-state index contributed by atoms with van der Waals surface area (Å²) in [5, 5.41) is 5.56. The Bertz CT molecular complexity index is 492. The van der Waals surface area contributed by atoms with Crippen LogP contribution < -0.4 is 5.32 Å². The van der Waals surface area contributed by atoms with Crippen LogP contribution in [0.2, 0.25) is 0 Å². The molecule has 3 nitrogen and oxygen atoms in total. The molecule has 1 atom stereocenters. The number of likely N-dealkylation sites (N-methyl/N-ethyl adjacent to an activating group) is 1. The first-order valence-corrected chi connectivity index (χ1v) is 7.83. The molecule has 0 aliphatic rings. The Kier molecular flexibility index (Phi) is 4.97. The molecular formula is C13H18BrN3S. The smallest absolute Gasteiger partial charge is 0.110 e. The number of nitrogens with one attached hydrogen (secondary N) is 1. The van der Waals surface area contributed by atoms with Crippen molar-refractivity contribution in [2.45, 2.75) is 32.4 Å². The van der Waals surface area contributed by atoms with Crippen molar-refractivity contribution in [3.63, 3.8) is 0 Å². The van der Waals surface area contributed by atoms with E-state index in [4.69, 9.17) is 0 Å². The molecule has 0 radical (unpaired) electrons. The number of thiophene rings is 1. The van der Waals surface area contributed by atoms with E-state index in [-0.39, 0.29) is 0 Å². The zero-order chi connectivity index (χ0) is 13.0. The highest BCUT2D eigenvalue weighted by Gasteiger charge is 2.14. The van der Waals surface area contributed by atoms with Crippen LogP contribution in [0.15, 0.2) is 27.6 Å². The number of aromatic nitrogens is 2. The highest BCUT2D eigenvalue weighted by Crippen LogP contribution is 2.27. The Hall–Kier alpha value is -0.650. The van der Waals surface area contributed by atoms with Crippen LogP contribution in [0.3, 0.4) is 0 Å². The molecule has 1 unspecified atom stereocenters. The fourth-order valence-electron chi connectivity index (χ4n) is 2.05. The molecule has 2 heterocycles. The summed E-state index contributed by atoms with van der Waals surface area (Å²) < 4.78 is 3.42. The minimum atomic E-state index is 0.325. The van der Waals surface area contributed by atoms with Crippen molar-refractivity contribution in [3.8, 4) is 0 Å². The third kappa shape index (κ3) is 3.22. The van der Waals surface area contributed by atoms with Crippen LogP contribution in [-0.2, 0) is 13.0 Å². The molecule has 0 aromatic carbocycles. The molecule has 1 N–H and O–H groups in total. The third-order valence-electron chi connectivity index (χ3n) is 2.99. The second-order valence-corrected chi connectivity index (χ2v) is 6.56. The SMILES string of the molecule is CCCn1ccnc1CC(NC)c1csc(Br)c1. The van der Waals surface area contributed by atoms with Crippen molar-refractivity contribution in [2.75, 3.05) is 7.05 Å². The number of rotatable bonds is 6. The van der Waals surface area contributed by atoms with E-state index in [0.717, 1.165) is 25.2 Å². The predicted octanol–water partition coefficient (Wildman–Crippen LogP) is 3.62. The van der Waals surface area contributed by atoms with Gasteiger partial charge in [0.05, 0.1) is 3.79 Å². The number of nitrogens with zero attached hydrogens (tertiary/aromatic N) is 2. The summed E-state index contributed by atoms with van der Waals surface area (Å²) in [6, 6.07) is 2.50. The van der Waals surface area contributed by atoms with Gasteiger partial charge in [0.25, 0.3) is 0 Å². The van der Waals surface area contributed by atoms with Crippen molar-refractivity contribution in [1.29, 1.82) is 0 Å². The molecule has 2 rings (SSSR count). The van der Waals surface area contributed by atoms with Crippen LogP contribution >= 0.6 is 27.3 Å². The Balaban J connectivity index is 2.12. The lowest BCUT2D eigenvalue weighted by molar-refractivity contribution is 0.544. The van der Waals surface area contributed by atoms with Gasteiger partial charge in [-0.15, -0.1) is 11.3 Å². The predicted molar refractivity (Wildman–Crippen MR) is 80.0 cm³/mol. The molecule has 0 bridgehead atoms. The summed E-state index contributed by atoms with van der Waals surface area (Å²) in [4.78, 5) is 4.47. The number of hydrogen-bond donors (Lipinski definition) is 1. The maximum atomic E-state index is 4.47. The summed E-state index contributed by atoms with van der Waals surface area (Å²) in [7, 11) is 2.00. The molecule has 0 aliphatic carbocycles. The lowest BCUT2D eigenvalue weighted by atomic mass is 10.1. The van der Waals surface area contributed by atoms with E-state index < -0.39 is 0 Å². The van der Waals surface area contributed by atoms with Crippen molar-refractivity contribution in [3.05, 3.63) is 39.0 Å². The summed E-state index contributed by atoms with van der Waals surface area (Å²) in [6.45, 7) is 3.23. The largest absolute Gasteiger partial charge is 0.335 e. The van der Waals surface area contributed by atoms with E-state index in [1.807, 2.05) is 13.2 Å². The van der Waals surface area contributed by atoms with E-state index >= 15 is 0 Å². The molecule has 0 spiro atoms. The van der Waals surface area contributed by atoms with Gasteiger partial charge in [-0.05, 0) is 46.4 Å². The van der Waals surface area contributed by atoms with Gasteiger partial charge in [-0.3, -0.25) is 0 Å². The van der Waals surface area contributed by atoms with Crippen LogP contribution in [0.4, 0.5) is 0 Å². The summed E-state index contributed by atoms with van der Waals surface area (Å²) >= 11 is 5.24. The van der Waals surface area contributed by atoms with E-state index in [1.54, 1.807) is 11.3 Å². The maximum absolute atomic E-state index is 4.47. The standard InChI is InChI=1S/C13H18BrN3S/c1-3-5-17-6-4-16-13(17)8-11(15-2)10-7-12(14)18-9-10/h4,6-7,9,11,15H,3,5,8H2,1-2H3. The first-order valence-electron chi connectivity index (χ1n) is 6.15. The number of imidazole rings is 1. The van der Waals surface area contributed by atoms with Gasteiger partial charge in [0.2, 0.25) is 0 Å². The van der Waals surface area contributed by atoms with Crippen LogP contribution in [0.1, 0.15) is 30.8 Å². The average molecular weight is 328 g/mol. The highest BCUT2D eigenvalue weighted by atomic mass is 79.9. The van der Waals surface area contributed by atoms with Crippen LogP contribution in [-0.4, -0.2) is 16.6 Å². The summed E-state index contributed by atoms with van der Waals surface area (Å²) in [5.74, 6) is 1.15. The van der Waals surface area contributed by atoms with Gasteiger partial charge in [0.15, 0.2) is 0 Å². The van der Waals surface area contributed by atoms with E-state index in [2.05, 4.69) is 55.4 Å². The fraction of sp³-hybridized carbons (Fsp3) is 0.462. The second-order valence-electron chi connectivity index (χ2n) is 4.27. The normalized spacial score (nSPS) is 12.8. The monoisotopic (exact) mass is 327 g/mol. The van der Waals surface area contributed by atoms with E-state index in [9.17, 15) is 0 Å². The molecular weight excluding hydrogens is 310 g/mol. The maximum Gasteiger partial charge on any atom is 0.110 e. The zero-order valence-electron chi connectivity index (χ0n) is 10.7. The average Bonchev–Trinajstić information content (AvgIpc) is 2.96. The molecule has 2 aromatic rings.